The SMILES string of the molecule is Cc1cccc(CC(=O)N=C2SC3CS(=O)(=O)CC3N2c2ccc(F)cc2F)c1. The van der Waals surface area contributed by atoms with Crippen molar-refractivity contribution < 1.29 is 22.0 Å². The van der Waals surface area contributed by atoms with Gasteiger partial charge in [-0.1, -0.05) is 41.6 Å². The van der Waals surface area contributed by atoms with Crippen molar-refractivity contribution in [1.29, 1.82) is 0 Å². The van der Waals surface area contributed by atoms with E-state index in [9.17, 15) is 22.0 Å². The summed E-state index contributed by atoms with van der Waals surface area (Å²) in [5.41, 5.74) is 1.85. The minimum atomic E-state index is -3.27. The molecule has 0 radical (unpaired) electrons. The van der Waals surface area contributed by atoms with Crippen molar-refractivity contribution in [3.63, 3.8) is 0 Å². The number of amidine groups is 1. The zero-order valence-electron chi connectivity index (χ0n) is 15.5. The molecule has 0 aliphatic carbocycles. The molecule has 29 heavy (non-hydrogen) atoms. The molecule has 1 amide bonds. The highest BCUT2D eigenvalue weighted by atomic mass is 32.2. The van der Waals surface area contributed by atoms with E-state index in [2.05, 4.69) is 4.99 Å². The molecule has 9 heteroatoms. The molecule has 0 N–H and O–H groups in total. The maximum absolute atomic E-state index is 14.5. The van der Waals surface area contributed by atoms with Crippen molar-refractivity contribution in [3.05, 3.63) is 65.2 Å². The van der Waals surface area contributed by atoms with E-state index < -0.39 is 33.4 Å². The lowest BCUT2D eigenvalue weighted by molar-refractivity contribution is -0.117. The number of anilines is 1. The average molecular weight is 437 g/mol. The Hall–Kier alpha value is -2.26. The Bertz CT molecular complexity index is 1120. The zero-order valence-corrected chi connectivity index (χ0v) is 17.1. The van der Waals surface area contributed by atoms with E-state index in [0.717, 1.165) is 35.0 Å². The number of hydrogen-bond acceptors (Lipinski definition) is 4. The van der Waals surface area contributed by atoms with Crippen molar-refractivity contribution in [2.24, 2.45) is 4.99 Å². The van der Waals surface area contributed by atoms with Gasteiger partial charge in [-0.15, -0.1) is 0 Å². The van der Waals surface area contributed by atoms with Gasteiger partial charge in [0.05, 0.1) is 29.7 Å². The maximum atomic E-state index is 14.5. The molecule has 2 saturated heterocycles. The Kier molecular flexibility index (Phi) is 5.20. The second-order valence-electron chi connectivity index (χ2n) is 7.22. The molecular formula is C20H18F2N2O3S2. The first kappa shape index (κ1) is 20.0. The lowest BCUT2D eigenvalue weighted by Crippen LogP contribution is -2.38. The molecule has 2 aromatic rings. The number of benzene rings is 2. The minimum Gasteiger partial charge on any atom is -0.313 e. The van der Waals surface area contributed by atoms with Gasteiger partial charge in [-0.2, -0.15) is 4.99 Å². The highest BCUT2D eigenvalue weighted by Crippen LogP contribution is 2.41. The van der Waals surface area contributed by atoms with Crippen LogP contribution in [0.3, 0.4) is 0 Å². The van der Waals surface area contributed by atoms with E-state index in [0.29, 0.717) is 0 Å². The summed E-state index contributed by atoms with van der Waals surface area (Å²) in [6.45, 7) is 1.92. The summed E-state index contributed by atoms with van der Waals surface area (Å²) in [5.74, 6) is -2.19. The number of nitrogens with zero attached hydrogens (tertiary/aromatic N) is 2. The number of carbonyl (C=O) groups is 1. The Morgan fingerprint density at radius 1 is 1.21 bits per heavy atom. The highest BCUT2D eigenvalue weighted by molar-refractivity contribution is 8.16. The summed E-state index contributed by atoms with van der Waals surface area (Å²) >= 11 is 1.16. The number of fused-ring (bicyclic) bond motifs is 1. The third-order valence-corrected chi connectivity index (χ3v) is 8.10. The van der Waals surface area contributed by atoms with Crippen LogP contribution in [0.15, 0.2) is 47.5 Å². The Morgan fingerprint density at radius 2 is 2.00 bits per heavy atom. The third kappa shape index (κ3) is 4.20. The Balaban J connectivity index is 1.67. The van der Waals surface area contributed by atoms with Gasteiger partial charge in [0.25, 0.3) is 5.91 Å². The van der Waals surface area contributed by atoms with E-state index in [1.165, 1.54) is 11.0 Å². The lowest BCUT2D eigenvalue weighted by atomic mass is 10.1. The van der Waals surface area contributed by atoms with Crippen LogP contribution in [0.25, 0.3) is 0 Å². The fraction of sp³-hybridized carbons (Fsp3) is 0.300. The number of rotatable bonds is 3. The molecule has 4 rings (SSSR count). The van der Waals surface area contributed by atoms with Crippen molar-refractivity contribution in [1.82, 2.24) is 0 Å². The topological polar surface area (TPSA) is 66.8 Å². The number of halogens is 2. The minimum absolute atomic E-state index is 0.0191. The van der Waals surface area contributed by atoms with Crippen molar-refractivity contribution in [3.8, 4) is 0 Å². The molecule has 2 aliphatic heterocycles. The van der Waals surface area contributed by atoms with Crippen LogP contribution in [0.1, 0.15) is 11.1 Å². The van der Waals surface area contributed by atoms with Crippen LogP contribution in [0.2, 0.25) is 0 Å². The zero-order chi connectivity index (χ0) is 20.8. The van der Waals surface area contributed by atoms with Gasteiger partial charge in [-0.25, -0.2) is 17.2 Å². The van der Waals surface area contributed by atoms with Crippen LogP contribution >= 0.6 is 11.8 Å². The molecular weight excluding hydrogens is 418 g/mol. The van der Waals surface area contributed by atoms with E-state index in [-0.39, 0.29) is 34.0 Å². The molecule has 2 heterocycles. The third-order valence-electron chi connectivity index (χ3n) is 4.89. The number of aliphatic imine (C=N–C) groups is 1. The fourth-order valence-electron chi connectivity index (χ4n) is 3.67. The first-order valence-electron chi connectivity index (χ1n) is 9.00. The second kappa shape index (κ2) is 7.53. The van der Waals surface area contributed by atoms with E-state index in [1.807, 2.05) is 31.2 Å². The number of aryl methyl sites for hydroxylation is 1. The van der Waals surface area contributed by atoms with E-state index in [1.54, 1.807) is 0 Å². The summed E-state index contributed by atoms with van der Waals surface area (Å²) in [6.07, 6.45) is 0.0825. The summed E-state index contributed by atoms with van der Waals surface area (Å²) < 4.78 is 52.0. The second-order valence-corrected chi connectivity index (χ2v) is 10.6. The molecule has 2 aliphatic rings. The molecule has 152 valence electrons. The monoisotopic (exact) mass is 436 g/mol. The molecule has 2 atom stereocenters. The predicted molar refractivity (Wildman–Crippen MR) is 110 cm³/mol. The number of amides is 1. The van der Waals surface area contributed by atoms with Gasteiger partial charge in [0.2, 0.25) is 0 Å². The smallest absolute Gasteiger partial charge is 0.252 e. The van der Waals surface area contributed by atoms with Gasteiger partial charge in [0.15, 0.2) is 15.0 Å². The standard InChI is InChI=1S/C20H18F2N2O3S2/c1-12-3-2-4-13(7-12)8-19(25)23-20-24(16-6-5-14(21)9-15(16)22)17-10-29(26,27)11-18(17)28-20/h2-7,9,17-18H,8,10-11H2,1H3. The Labute approximate surface area is 171 Å². The number of carbonyl (C=O) groups excluding carboxylic acids is 1. The normalized spacial score (nSPS) is 24.1. The average Bonchev–Trinajstić information content (AvgIpc) is 3.06. The van der Waals surface area contributed by atoms with Gasteiger partial charge < -0.3 is 4.90 Å². The predicted octanol–water partition coefficient (Wildman–Crippen LogP) is 3.12. The molecule has 0 aromatic heterocycles. The van der Waals surface area contributed by atoms with E-state index in [4.69, 9.17) is 0 Å². The largest absolute Gasteiger partial charge is 0.313 e. The van der Waals surface area contributed by atoms with Gasteiger partial charge in [-0.05, 0) is 24.6 Å². The van der Waals surface area contributed by atoms with Crippen LogP contribution in [-0.4, -0.2) is 42.3 Å². The van der Waals surface area contributed by atoms with Crippen LogP contribution in [0.4, 0.5) is 14.5 Å². The van der Waals surface area contributed by atoms with E-state index >= 15 is 0 Å². The van der Waals surface area contributed by atoms with Gasteiger partial charge in [0, 0.05) is 11.3 Å². The molecule has 2 unspecified atom stereocenters. The summed E-state index contributed by atoms with van der Waals surface area (Å²) in [6, 6.07) is 10.0. The van der Waals surface area contributed by atoms with Gasteiger partial charge >= 0.3 is 0 Å². The van der Waals surface area contributed by atoms with Crippen molar-refractivity contribution >= 4 is 38.4 Å². The molecule has 2 fully saturated rings. The molecule has 0 saturated carbocycles. The van der Waals surface area contributed by atoms with Crippen molar-refractivity contribution in [2.45, 2.75) is 24.6 Å². The number of hydrogen-bond donors (Lipinski definition) is 0. The molecule has 0 bridgehead atoms. The summed E-state index contributed by atoms with van der Waals surface area (Å²) in [5, 5.41) is -0.104. The number of thioether (sulfide) groups is 1. The van der Waals surface area contributed by atoms with Crippen LogP contribution in [0, 0.1) is 18.6 Å². The Morgan fingerprint density at radius 3 is 2.72 bits per heavy atom. The summed E-state index contributed by atoms with van der Waals surface area (Å²) in [7, 11) is -3.27. The lowest BCUT2D eigenvalue weighted by Gasteiger charge is -2.24. The van der Waals surface area contributed by atoms with Gasteiger partial charge in [0.1, 0.15) is 11.6 Å². The molecule has 5 nitrogen and oxygen atoms in total. The molecule has 2 aromatic carbocycles. The maximum Gasteiger partial charge on any atom is 0.252 e. The van der Waals surface area contributed by atoms with Crippen LogP contribution < -0.4 is 4.90 Å². The van der Waals surface area contributed by atoms with Gasteiger partial charge in [-0.3, -0.25) is 4.79 Å². The molecule has 0 spiro atoms. The quantitative estimate of drug-likeness (QED) is 0.740. The first-order valence-corrected chi connectivity index (χ1v) is 11.7. The van der Waals surface area contributed by atoms with Crippen molar-refractivity contribution in [2.75, 3.05) is 16.4 Å². The van der Waals surface area contributed by atoms with Crippen LogP contribution in [0.5, 0.6) is 0 Å². The first-order chi connectivity index (χ1) is 13.7. The highest BCUT2D eigenvalue weighted by Gasteiger charge is 2.50. The van der Waals surface area contributed by atoms with Crippen LogP contribution in [-0.2, 0) is 21.1 Å². The summed E-state index contributed by atoms with van der Waals surface area (Å²) in [4.78, 5) is 18.1. The fourth-order valence-corrected chi connectivity index (χ4v) is 7.59. The number of sulfone groups is 1.